The van der Waals surface area contributed by atoms with E-state index in [1.807, 2.05) is 23.7 Å². The molecule has 2 heterocycles. The molecule has 0 spiro atoms. The summed E-state index contributed by atoms with van der Waals surface area (Å²) in [5, 5.41) is 3.57. The van der Waals surface area contributed by atoms with Crippen LogP contribution in [0.1, 0.15) is 55.7 Å². The quantitative estimate of drug-likeness (QED) is 0.867. The predicted molar refractivity (Wildman–Crippen MR) is 81.5 cm³/mol. The van der Waals surface area contributed by atoms with Crippen LogP contribution in [0.3, 0.4) is 0 Å². The molecule has 2 N–H and O–H groups in total. The maximum atomic E-state index is 4.33. The number of aromatic amines is 1. The van der Waals surface area contributed by atoms with E-state index >= 15 is 0 Å². The highest BCUT2D eigenvalue weighted by Gasteiger charge is 2.17. The number of H-pyrrole nitrogens is 1. The highest BCUT2D eigenvalue weighted by molar-refractivity contribution is 7.12. The van der Waals surface area contributed by atoms with E-state index in [1.165, 1.54) is 9.75 Å². The second kappa shape index (κ2) is 5.88. The minimum absolute atomic E-state index is 0.244. The first-order chi connectivity index (χ1) is 9.00. The molecule has 0 radical (unpaired) electrons. The summed E-state index contributed by atoms with van der Waals surface area (Å²) < 4.78 is 0. The van der Waals surface area contributed by atoms with Crippen molar-refractivity contribution in [3.05, 3.63) is 40.1 Å². The predicted octanol–water partition coefficient (Wildman–Crippen LogP) is 4.01. The van der Waals surface area contributed by atoms with Crippen LogP contribution in [0.5, 0.6) is 0 Å². The third-order valence-electron chi connectivity index (χ3n) is 3.18. The van der Waals surface area contributed by atoms with Crippen molar-refractivity contribution in [2.24, 2.45) is 0 Å². The van der Waals surface area contributed by atoms with Crippen LogP contribution >= 0.6 is 11.3 Å². The summed E-state index contributed by atoms with van der Waals surface area (Å²) in [5.74, 6) is 1.02. The minimum atomic E-state index is 0.244. The molecule has 0 saturated heterocycles. The molecule has 104 valence electrons. The number of hydrogen-bond donors (Lipinski definition) is 2. The third-order valence-corrected chi connectivity index (χ3v) is 4.69. The molecule has 0 fully saturated rings. The Balaban J connectivity index is 1.96. The van der Waals surface area contributed by atoms with Crippen molar-refractivity contribution in [2.75, 3.05) is 0 Å². The number of thiophene rings is 1. The Morgan fingerprint density at radius 2 is 2.16 bits per heavy atom. The third kappa shape index (κ3) is 3.67. The largest absolute Gasteiger partial charge is 0.347 e. The van der Waals surface area contributed by atoms with E-state index in [0.717, 1.165) is 18.8 Å². The molecule has 2 rings (SSSR count). The lowest BCUT2D eigenvalue weighted by Gasteiger charge is -2.16. The van der Waals surface area contributed by atoms with Gasteiger partial charge in [0.15, 0.2) is 0 Å². The van der Waals surface area contributed by atoms with E-state index in [0.29, 0.717) is 6.04 Å². The van der Waals surface area contributed by atoms with Crippen molar-refractivity contribution in [1.82, 2.24) is 15.3 Å². The highest BCUT2D eigenvalue weighted by atomic mass is 32.1. The molecule has 2 aromatic rings. The zero-order valence-electron chi connectivity index (χ0n) is 12.2. The average Bonchev–Trinajstić information content (AvgIpc) is 2.99. The van der Waals surface area contributed by atoms with Gasteiger partial charge in [0.2, 0.25) is 0 Å². The van der Waals surface area contributed by atoms with Crippen LogP contribution in [0, 0.1) is 0 Å². The summed E-state index contributed by atoms with van der Waals surface area (Å²) in [5.41, 5.74) is 0.244. The van der Waals surface area contributed by atoms with Gasteiger partial charge in [-0.25, -0.2) is 4.98 Å². The fourth-order valence-electron chi connectivity index (χ4n) is 2.00. The van der Waals surface area contributed by atoms with E-state index in [4.69, 9.17) is 0 Å². The minimum Gasteiger partial charge on any atom is -0.347 e. The molecule has 1 unspecified atom stereocenters. The molecule has 0 aliphatic heterocycles. The molecule has 0 bridgehead atoms. The molecule has 0 saturated carbocycles. The lowest BCUT2D eigenvalue weighted by Crippen LogP contribution is -2.20. The summed E-state index contributed by atoms with van der Waals surface area (Å²) in [6.07, 6.45) is 4.72. The van der Waals surface area contributed by atoms with Crippen LogP contribution in [0.15, 0.2) is 24.5 Å². The van der Waals surface area contributed by atoms with Crippen molar-refractivity contribution < 1.29 is 0 Å². The Morgan fingerprint density at radius 3 is 2.68 bits per heavy atom. The first-order valence-corrected chi connectivity index (χ1v) is 7.64. The fraction of sp³-hybridized carbons (Fsp3) is 0.533. The Hall–Kier alpha value is -1.13. The van der Waals surface area contributed by atoms with Gasteiger partial charge in [0.05, 0.1) is 6.04 Å². The number of nitrogens with one attached hydrogen (secondary N) is 2. The van der Waals surface area contributed by atoms with E-state index in [9.17, 15) is 0 Å². The Bertz CT molecular complexity index is 494. The van der Waals surface area contributed by atoms with Gasteiger partial charge in [0.1, 0.15) is 5.82 Å². The van der Waals surface area contributed by atoms with Crippen molar-refractivity contribution in [3.8, 4) is 0 Å². The van der Waals surface area contributed by atoms with Gasteiger partial charge in [-0.1, -0.05) is 27.7 Å². The summed E-state index contributed by atoms with van der Waals surface area (Å²) >= 11 is 1.90. The van der Waals surface area contributed by atoms with E-state index in [2.05, 4.69) is 55.1 Å². The number of hydrogen-bond acceptors (Lipinski definition) is 3. The van der Waals surface area contributed by atoms with Crippen LogP contribution in [-0.2, 0) is 12.0 Å². The Labute approximate surface area is 119 Å². The molecule has 1 atom stereocenters. The molecule has 0 aliphatic rings. The SMILES string of the molecule is CCC(NCc1ccc(C(C)(C)C)s1)c1ncc[nH]1. The first kappa shape index (κ1) is 14.3. The van der Waals surface area contributed by atoms with Crippen LogP contribution in [-0.4, -0.2) is 9.97 Å². The van der Waals surface area contributed by atoms with E-state index in [1.54, 1.807) is 0 Å². The van der Waals surface area contributed by atoms with Crippen LogP contribution in [0.2, 0.25) is 0 Å². The van der Waals surface area contributed by atoms with E-state index < -0.39 is 0 Å². The zero-order chi connectivity index (χ0) is 13.9. The van der Waals surface area contributed by atoms with E-state index in [-0.39, 0.29) is 5.41 Å². The summed E-state index contributed by atoms with van der Waals surface area (Å²) in [6, 6.07) is 4.78. The second-order valence-corrected chi connectivity index (χ2v) is 7.00. The van der Waals surface area contributed by atoms with Gasteiger partial charge in [0.25, 0.3) is 0 Å². The number of nitrogens with zero attached hydrogens (tertiary/aromatic N) is 1. The molecule has 19 heavy (non-hydrogen) atoms. The normalized spacial score (nSPS) is 13.7. The number of aromatic nitrogens is 2. The lowest BCUT2D eigenvalue weighted by atomic mass is 9.95. The topological polar surface area (TPSA) is 40.7 Å². The van der Waals surface area contributed by atoms with Gasteiger partial charge in [-0.2, -0.15) is 0 Å². The fourth-order valence-corrected chi connectivity index (χ4v) is 3.02. The lowest BCUT2D eigenvalue weighted by molar-refractivity contribution is 0.500. The Morgan fingerprint density at radius 1 is 1.37 bits per heavy atom. The smallest absolute Gasteiger partial charge is 0.123 e. The summed E-state index contributed by atoms with van der Waals surface area (Å²) in [7, 11) is 0. The van der Waals surface area contributed by atoms with Crippen LogP contribution in [0.25, 0.3) is 0 Å². The molecule has 2 aromatic heterocycles. The highest BCUT2D eigenvalue weighted by Crippen LogP contribution is 2.29. The summed E-state index contributed by atoms with van der Waals surface area (Å²) in [6.45, 7) is 9.85. The molecular weight excluding hydrogens is 254 g/mol. The Kier molecular flexibility index (Phi) is 4.42. The van der Waals surface area contributed by atoms with Crippen molar-refractivity contribution in [3.63, 3.8) is 0 Å². The maximum absolute atomic E-state index is 4.33. The van der Waals surface area contributed by atoms with Crippen molar-refractivity contribution in [1.29, 1.82) is 0 Å². The average molecular weight is 277 g/mol. The molecule has 0 aromatic carbocycles. The van der Waals surface area contributed by atoms with Gasteiger partial charge in [-0.15, -0.1) is 11.3 Å². The van der Waals surface area contributed by atoms with Gasteiger partial charge < -0.3 is 10.3 Å². The second-order valence-electron chi connectivity index (χ2n) is 5.83. The van der Waals surface area contributed by atoms with Crippen molar-refractivity contribution in [2.45, 2.75) is 52.1 Å². The van der Waals surface area contributed by atoms with Gasteiger partial charge >= 0.3 is 0 Å². The molecule has 0 aliphatic carbocycles. The van der Waals surface area contributed by atoms with Gasteiger partial charge in [-0.05, 0) is 24.0 Å². The molecule has 3 nitrogen and oxygen atoms in total. The van der Waals surface area contributed by atoms with Gasteiger partial charge in [-0.3, -0.25) is 0 Å². The summed E-state index contributed by atoms with van der Waals surface area (Å²) in [4.78, 5) is 10.3. The zero-order valence-corrected chi connectivity index (χ0v) is 13.0. The number of rotatable bonds is 5. The monoisotopic (exact) mass is 277 g/mol. The van der Waals surface area contributed by atoms with Crippen LogP contribution in [0.4, 0.5) is 0 Å². The standard InChI is InChI=1S/C15H23N3S/c1-5-12(14-16-8-9-17-14)18-10-11-6-7-13(19-11)15(2,3)4/h6-9,12,18H,5,10H2,1-4H3,(H,16,17). The number of imidazole rings is 1. The maximum Gasteiger partial charge on any atom is 0.123 e. The molecule has 0 amide bonds. The first-order valence-electron chi connectivity index (χ1n) is 6.82. The van der Waals surface area contributed by atoms with Gasteiger partial charge in [0, 0.05) is 28.7 Å². The molecule has 4 heteroatoms. The van der Waals surface area contributed by atoms with Crippen molar-refractivity contribution >= 4 is 11.3 Å². The van der Waals surface area contributed by atoms with Crippen LogP contribution < -0.4 is 5.32 Å². The molecular formula is C15H23N3S.